The molecule has 0 fully saturated rings. The molecule has 0 spiro atoms. The first-order chi connectivity index (χ1) is 8.60. The molecule has 1 N–H and O–H groups in total. The van der Waals surface area contributed by atoms with E-state index in [0.717, 1.165) is 6.29 Å². The Balaban J connectivity index is 4.94. The first-order valence-electron chi connectivity index (χ1n) is 6.83. The van der Waals surface area contributed by atoms with Gasteiger partial charge in [-0.15, -0.1) is 0 Å². The van der Waals surface area contributed by atoms with Crippen molar-refractivity contribution in [1.29, 1.82) is 0 Å². The summed E-state index contributed by atoms with van der Waals surface area (Å²) < 4.78 is 5.04. The Kier molecular flexibility index (Phi) is 6.70. The Morgan fingerprint density at radius 3 is 2.16 bits per heavy atom. The topological polar surface area (TPSA) is 63.6 Å². The molecule has 0 bridgehead atoms. The number of aliphatic hydroxyl groups is 1. The average molecular weight is 272 g/mol. The molecule has 4 nitrogen and oxygen atoms in total. The molecule has 0 saturated heterocycles. The van der Waals surface area contributed by atoms with Crippen LogP contribution in [-0.4, -0.2) is 30.6 Å². The molecule has 112 valence electrons. The normalized spacial score (nSPS) is 14.3. The highest BCUT2D eigenvalue weighted by molar-refractivity contribution is 5.77. The summed E-state index contributed by atoms with van der Waals surface area (Å²) in [7, 11) is 0. The molecular formula is C15H28O4. The van der Waals surface area contributed by atoms with Gasteiger partial charge in [0.2, 0.25) is 0 Å². The molecule has 1 atom stereocenters. The van der Waals surface area contributed by atoms with E-state index in [1.54, 1.807) is 0 Å². The van der Waals surface area contributed by atoms with E-state index in [-0.39, 0.29) is 36.4 Å². The van der Waals surface area contributed by atoms with E-state index < -0.39 is 5.41 Å². The SMILES string of the molecule is CC(C)C(C=O)CC(C)(C)C(C)(C)C(=O)OCCO. The van der Waals surface area contributed by atoms with Crippen LogP contribution < -0.4 is 0 Å². The second-order valence-electron chi connectivity index (χ2n) is 6.62. The van der Waals surface area contributed by atoms with Gasteiger partial charge in [0.05, 0.1) is 12.0 Å². The molecule has 0 radical (unpaired) electrons. The van der Waals surface area contributed by atoms with Crippen LogP contribution in [-0.2, 0) is 14.3 Å². The number of esters is 1. The summed E-state index contributed by atoms with van der Waals surface area (Å²) in [5.41, 5.74) is -1.08. The minimum atomic E-state index is -0.710. The number of ether oxygens (including phenoxy) is 1. The minimum absolute atomic E-state index is 0.0135. The van der Waals surface area contributed by atoms with Gasteiger partial charge in [-0.1, -0.05) is 27.7 Å². The summed E-state index contributed by atoms with van der Waals surface area (Å²) in [4.78, 5) is 23.2. The Hall–Kier alpha value is -0.900. The third-order valence-corrected chi connectivity index (χ3v) is 4.30. The molecule has 0 aromatic carbocycles. The predicted octanol–water partition coefficient (Wildman–Crippen LogP) is 2.44. The fraction of sp³-hybridized carbons (Fsp3) is 0.867. The first-order valence-corrected chi connectivity index (χ1v) is 6.83. The van der Waals surface area contributed by atoms with E-state index in [1.165, 1.54) is 0 Å². The van der Waals surface area contributed by atoms with Crippen LogP contribution in [0.25, 0.3) is 0 Å². The molecule has 0 rings (SSSR count). The third-order valence-electron chi connectivity index (χ3n) is 4.30. The van der Waals surface area contributed by atoms with Gasteiger partial charge in [0.25, 0.3) is 0 Å². The maximum atomic E-state index is 12.1. The van der Waals surface area contributed by atoms with E-state index in [1.807, 2.05) is 41.5 Å². The molecule has 0 heterocycles. The van der Waals surface area contributed by atoms with E-state index in [4.69, 9.17) is 9.84 Å². The van der Waals surface area contributed by atoms with E-state index in [2.05, 4.69) is 0 Å². The molecule has 19 heavy (non-hydrogen) atoms. The molecule has 0 saturated carbocycles. The van der Waals surface area contributed by atoms with Crippen LogP contribution >= 0.6 is 0 Å². The first kappa shape index (κ1) is 18.1. The van der Waals surface area contributed by atoms with E-state index >= 15 is 0 Å². The van der Waals surface area contributed by atoms with Gasteiger partial charge in [-0.05, 0) is 31.6 Å². The summed E-state index contributed by atoms with van der Waals surface area (Å²) in [6, 6.07) is 0. The molecule has 1 unspecified atom stereocenters. The molecule has 0 aromatic rings. The zero-order valence-electron chi connectivity index (χ0n) is 13.0. The highest BCUT2D eigenvalue weighted by Gasteiger charge is 2.45. The van der Waals surface area contributed by atoms with Gasteiger partial charge in [-0.3, -0.25) is 4.79 Å². The largest absolute Gasteiger partial charge is 0.463 e. The molecule has 0 amide bonds. The fourth-order valence-electron chi connectivity index (χ4n) is 1.88. The highest BCUT2D eigenvalue weighted by atomic mass is 16.5. The van der Waals surface area contributed by atoms with Crippen molar-refractivity contribution in [2.24, 2.45) is 22.7 Å². The van der Waals surface area contributed by atoms with Gasteiger partial charge in [-0.2, -0.15) is 0 Å². The number of hydrogen-bond donors (Lipinski definition) is 1. The third kappa shape index (κ3) is 4.60. The second kappa shape index (κ2) is 7.04. The van der Waals surface area contributed by atoms with Crippen molar-refractivity contribution in [3.8, 4) is 0 Å². The van der Waals surface area contributed by atoms with Crippen LogP contribution in [0, 0.1) is 22.7 Å². The minimum Gasteiger partial charge on any atom is -0.463 e. The second-order valence-corrected chi connectivity index (χ2v) is 6.62. The molecule has 0 aliphatic heterocycles. The van der Waals surface area contributed by atoms with Crippen molar-refractivity contribution < 1.29 is 19.4 Å². The summed E-state index contributed by atoms with van der Waals surface area (Å²) in [5, 5.41) is 8.72. The van der Waals surface area contributed by atoms with Gasteiger partial charge in [-0.25, -0.2) is 0 Å². The highest BCUT2D eigenvalue weighted by Crippen LogP contribution is 2.45. The Labute approximate surface area is 116 Å². The van der Waals surface area contributed by atoms with Crippen LogP contribution in [0.15, 0.2) is 0 Å². The fourth-order valence-corrected chi connectivity index (χ4v) is 1.88. The number of aldehydes is 1. The summed E-state index contributed by atoms with van der Waals surface area (Å²) in [6.45, 7) is 11.5. The zero-order chi connectivity index (χ0) is 15.3. The smallest absolute Gasteiger partial charge is 0.312 e. The predicted molar refractivity (Wildman–Crippen MR) is 74.6 cm³/mol. The molecule has 4 heteroatoms. The van der Waals surface area contributed by atoms with E-state index in [0.29, 0.717) is 6.42 Å². The summed E-state index contributed by atoms with van der Waals surface area (Å²) in [5.74, 6) is -0.152. The van der Waals surface area contributed by atoms with Crippen LogP contribution in [0.5, 0.6) is 0 Å². The lowest BCUT2D eigenvalue weighted by Gasteiger charge is -2.41. The van der Waals surface area contributed by atoms with Crippen LogP contribution in [0.3, 0.4) is 0 Å². The van der Waals surface area contributed by atoms with Gasteiger partial charge in [0.15, 0.2) is 0 Å². The van der Waals surface area contributed by atoms with Crippen molar-refractivity contribution in [2.75, 3.05) is 13.2 Å². The lowest BCUT2D eigenvalue weighted by molar-refractivity contribution is -0.163. The maximum Gasteiger partial charge on any atom is 0.312 e. The lowest BCUT2D eigenvalue weighted by Crippen LogP contribution is -2.43. The maximum absolute atomic E-state index is 12.1. The summed E-state index contributed by atoms with van der Waals surface area (Å²) in [6.07, 6.45) is 1.61. The molecule has 0 aliphatic rings. The number of carbonyl (C=O) groups excluding carboxylic acids is 2. The molecule has 0 aromatic heterocycles. The van der Waals surface area contributed by atoms with E-state index in [9.17, 15) is 9.59 Å². The Morgan fingerprint density at radius 1 is 1.26 bits per heavy atom. The van der Waals surface area contributed by atoms with Gasteiger partial charge >= 0.3 is 5.97 Å². The number of carbonyl (C=O) groups is 2. The average Bonchev–Trinajstić information content (AvgIpc) is 2.32. The van der Waals surface area contributed by atoms with Crippen molar-refractivity contribution in [1.82, 2.24) is 0 Å². The van der Waals surface area contributed by atoms with Crippen molar-refractivity contribution in [2.45, 2.75) is 48.0 Å². The number of aliphatic hydroxyl groups excluding tert-OH is 1. The van der Waals surface area contributed by atoms with Crippen LogP contribution in [0.1, 0.15) is 48.0 Å². The number of hydrogen-bond acceptors (Lipinski definition) is 4. The lowest BCUT2D eigenvalue weighted by atomic mass is 9.63. The summed E-state index contributed by atoms with van der Waals surface area (Å²) >= 11 is 0. The monoisotopic (exact) mass is 272 g/mol. The quantitative estimate of drug-likeness (QED) is 0.544. The Bertz CT molecular complexity index is 305. The molecular weight excluding hydrogens is 244 g/mol. The van der Waals surface area contributed by atoms with Gasteiger partial charge in [0.1, 0.15) is 12.9 Å². The standard InChI is InChI=1S/C15H28O4/c1-11(2)12(10-17)9-14(3,4)15(5,6)13(18)19-8-7-16/h10-12,16H,7-9H2,1-6H3. The number of rotatable bonds is 8. The van der Waals surface area contributed by atoms with Gasteiger partial charge < -0.3 is 14.6 Å². The van der Waals surface area contributed by atoms with Gasteiger partial charge in [0, 0.05) is 5.92 Å². The zero-order valence-corrected chi connectivity index (χ0v) is 13.0. The van der Waals surface area contributed by atoms with Crippen LogP contribution in [0.2, 0.25) is 0 Å². The Morgan fingerprint density at radius 2 is 1.79 bits per heavy atom. The van der Waals surface area contributed by atoms with Crippen molar-refractivity contribution in [3.05, 3.63) is 0 Å². The van der Waals surface area contributed by atoms with Crippen molar-refractivity contribution in [3.63, 3.8) is 0 Å². The van der Waals surface area contributed by atoms with Crippen LogP contribution in [0.4, 0.5) is 0 Å². The van der Waals surface area contributed by atoms with Crippen molar-refractivity contribution >= 4 is 12.3 Å². The molecule has 0 aliphatic carbocycles.